The molecule has 1 aliphatic carbocycles. The van der Waals surface area contributed by atoms with Gasteiger partial charge in [-0.05, 0) is 92.4 Å². The molecule has 0 atom stereocenters. The third kappa shape index (κ3) is 3.72. The van der Waals surface area contributed by atoms with E-state index in [0.717, 1.165) is 28.3 Å². The summed E-state index contributed by atoms with van der Waals surface area (Å²) in [7, 11) is 0. The van der Waals surface area contributed by atoms with E-state index in [-0.39, 0.29) is 0 Å². The van der Waals surface area contributed by atoms with Gasteiger partial charge in [-0.3, -0.25) is 0 Å². The minimum Gasteiger partial charge on any atom is -0.326 e. The van der Waals surface area contributed by atoms with Crippen molar-refractivity contribution in [1.29, 1.82) is 0 Å². The average molecular weight is 448 g/mol. The number of aromatic nitrogens is 2. The van der Waals surface area contributed by atoms with Gasteiger partial charge in [0.2, 0.25) is 5.28 Å². The predicted octanol–water partition coefficient (Wildman–Crippen LogP) is 7.67. The second-order valence-electron chi connectivity index (χ2n) is 8.30. The van der Waals surface area contributed by atoms with E-state index in [0.29, 0.717) is 5.28 Å². The molecule has 0 saturated heterocycles. The highest BCUT2D eigenvalue weighted by atomic mass is 35.5. The fraction of sp³-hybridized carbons (Fsp3) is 0.308. The summed E-state index contributed by atoms with van der Waals surface area (Å²) in [6.07, 6.45) is 4.94. The lowest BCUT2D eigenvalue weighted by Crippen LogP contribution is -2.18. The quantitative estimate of drug-likeness (QED) is 0.300. The molecule has 0 N–H and O–H groups in total. The van der Waals surface area contributed by atoms with Crippen molar-refractivity contribution in [3.05, 3.63) is 69.3 Å². The van der Waals surface area contributed by atoms with Crippen LogP contribution in [0.1, 0.15) is 41.3 Å². The van der Waals surface area contributed by atoms with Crippen LogP contribution in [0.25, 0.3) is 21.3 Å². The summed E-state index contributed by atoms with van der Waals surface area (Å²) in [6, 6.07) is 15.5. The van der Waals surface area contributed by atoms with Gasteiger partial charge in [0.15, 0.2) is 0 Å². The molecule has 2 heterocycles. The van der Waals surface area contributed by atoms with E-state index in [2.05, 4.69) is 73.1 Å². The first-order valence-corrected chi connectivity index (χ1v) is 12.2. The molecule has 2 aromatic heterocycles. The molecule has 0 aliphatic heterocycles. The zero-order valence-corrected chi connectivity index (χ0v) is 19.8. The number of fused-ring (bicyclic) bond motifs is 2. The van der Waals surface area contributed by atoms with Gasteiger partial charge in [0, 0.05) is 22.7 Å². The molecule has 3 nitrogen and oxygen atoms in total. The Morgan fingerprint density at radius 1 is 1.00 bits per heavy atom. The van der Waals surface area contributed by atoms with Crippen LogP contribution in [0.3, 0.4) is 0 Å². The van der Waals surface area contributed by atoms with Gasteiger partial charge in [-0.2, -0.15) is 4.98 Å². The lowest BCUT2D eigenvalue weighted by atomic mass is 9.89. The minimum atomic E-state index is 0.298. The van der Waals surface area contributed by atoms with Crippen LogP contribution in [0.5, 0.6) is 0 Å². The Kier molecular flexibility index (Phi) is 5.45. The largest absolute Gasteiger partial charge is 0.326 e. The summed E-state index contributed by atoms with van der Waals surface area (Å²) in [5.41, 5.74) is 7.84. The molecule has 0 unspecified atom stereocenters. The van der Waals surface area contributed by atoms with E-state index in [1.807, 2.05) is 0 Å². The number of nitrogens with zero attached hydrogens (tertiary/aromatic N) is 3. The number of anilines is 2. The van der Waals surface area contributed by atoms with E-state index >= 15 is 0 Å². The van der Waals surface area contributed by atoms with Crippen LogP contribution >= 0.6 is 22.9 Å². The molecule has 0 saturated carbocycles. The summed E-state index contributed by atoms with van der Waals surface area (Å²) < 4.78 is 0. The maximum Gasteiger partial charge on any atom is 0.225 e. The molecule has 0 spiro atoms. The molecule has 0 amide bonds. The van der Waals surface area contributed by atoms with Gasteiger partial charge in [0.05, 0.1) is 5.39 Å². The van der Waals surface area contributed by atoms with Crippen LogP contribution in [0.4, 0.5) is 11.5 Å². The van der Waals surface area contributed by atoms with Crippen molar-refractivity contribution in [2.45, 2.75) is 46.5 Å². The molecule has 158 valence electrons. The summed E-state index contributed by atoms with van der Waals surface area (Å²) in [5, 5.41) is 1.40. The second-order valence-corrected chi connectivity index (χ2v) is 9.84. The van der Waals surface area contributed by atoms with Crippen molar-refractivity contribution in [3.8, 4) is 11.1 Å². The van der Waals surface area contributed by atoms with Crippen molar-refractivity contribution in [1.82, 2.24) is 9.97 Å². The summed E-state index contributed by atoms with van der Waals surface area (Å²) >= 11 is 8.11. The van der Waals surface area contributed by atoms with Crippen LogP contribution in [-0.2, 0) is 12.8 Å². The topological polar surface area (TPSA) is 29.0 Å². The first-order valence-electron chi connectivity index (χ1n) is 11.0. The van der Waals surface area contributed by atoms with Crippen molar-refractivity contribution in [3.63, 3.8) is 0 Å². The summed E-state index contributed by atoms with van der Waals surface area (Å²) in [4.78, 5) is 13.8. The van der Waals surface area contributed by atoms with Gasteiger partial charge in [0.25, 0.3) is 0 Å². The van der Waals surface area contributed by atoms with Crippen molar-refractivity contribution in [2.75, 3.05) is 11.4 Å². The number of hydrogen-bond acceptors (Lipinski definition) is 4. The highest BCUT2D eigenvalue weighted by Gasteiger charge is 2.23. The maximum absolute atomic E-state index is 6.40. The molecule has 5 heteroatoms. The Hall–Kier alpha value is -2.43. The van der Waals surface area contributed by atoms with Gasteiger partial charge >= 0.3 is 0 Å². The van der Waals surface area contributed by atoms with Crippen molar-refractivity contribution < 1.29 is 0 Å². The van der Waals surface area contributed by atoms with Crippen LogP contribution in [0.2, 0.25) is 5.28 Å². The van der Waals surface area contributed by atoms with Gasteiger partial charge in [-0.15, -0.1) is 11.3 Å². The molecule has 5 rings (SSSR count). The normalized spacial score (nSPS) is 13.4. The van der Waals surface area contributed by atoms with Crippen LogP contribution in [0, 0.1) is 13.8 Å². The fourth-order valence-corrected chi connectivity index (χ4v) is 6.00. The second kappa shape index (κ2) is 8.25. The van der Waals surface area contributed by atoms with Crippen LogP contribution in [0.15, 0.2) is 42.5 Å². The lowest BCUT2D eigenvalue weighted by Gasteiger charge is -2.24. The molecule has 4 aromatic rings. The molecular weight excluding hydrogens is 422 g/mol. The molecule has 2 aromatic carbocycles. The molecule has 1 aliphatic rings. The standard InChI is InChI=1S/C26H26ClN3S/c1-4-30(21-11-7-8-16(2)14-21)24-23-22(17(3)31-25(23)29-26(27)28-24)20-13-12-18-9-5-6-10-19(18)15-20/h7-8,11-15H,4-6,9-10H2,1-3H3. The number of aryl methyl sites for hydroxylation is 4. The first-order chi connectivity index (χ1) is 15.0. The zero-order valence-electron chi connectivity index (χ0n) is 18.2. The first kappa shape index (κ1) is 20.5. The Bertz CT molecular complexity index is 1280. The molecule has 0 fully saturated rings. The van der Waals surface area contributed by atoms with Gasteiger partial charge < -0.3 is 4.90 Å². The molecule has 0 bridgehead atoms. The average Bonchev–Trinajstić information content (AvgIpc) is 3.09. The highest BCUT2D eigenvalue weighted by molar-refractivity contribution is 7.19. The van der Waals surface area contributed by atoms with Crippen molar-refractivity contribution >= 4 is 44.7 Å². The SMILES string of the molecule is CCN(c1cccc(C)c1)c1nc(Cl)nc2sc(C)c(-c3ccc4c(c3)CCCC4)c12. The monoisotopic (exact) mass is 447 g/mol. The zero-order chi connectivity index (χ0) is 21.5. The van der Waals surface area contributed by atoms with Crippen LogP contribution in [-0.4, -0.2) is 16.5 Å². The van der Waals surface area contributed by atoms with E-state index in [4.69, 9.17) is 16.6 Å². The van der Waals surface area contributed by atoms with E-state index in [9.17, 15) is 0 Å². The van der Waals surface area contributed by atoms with Crippen LogP contribution < -0.4 is 4.90 Å². The molecule has 0 radical (unpaired) electrons. The number of benzene rings is 2. The smallest absolute Gasteiger partial charge is 0.225 e. The minimum absolute atomic E-state index is 0.298. The molecule has 31 heavy (non-hydrogen) atoms. The lowest BCUT2D eigenvalue weighted by molar-refractivity contribution is 0.686. The molecular formula is C26H26ClN3S. The van der Waals surface area contributed by atoms with E-state index < -0.39 is 0 Å². The maximum atomic E-state index is 6.40. The van der Waals surface area contributed by atoms with Gasteiger partial charge in [-0.1, -0.05) is 30.3 Å². The number of hydrogen-bond donors (Lipinski definition) is 0. The Morgan fingerprint density at radius 3 is 2.58 bits per heavy atom. The number of thiophene rings is 1. The third-order valence-corrected chi connectivity index (χ3v) is 7.37. The van der Waals surface area contributed by atoms with E-state index in [1.165, 1.54) is 58.4 Å². The van der Waals surface area contributed by atoms with Gasteiger partial charge in [-0.25, -0.2) is 4.98 Å². The Morgan fingerprint density at radius 2 is 1.81 bits per heavy atom. The number of halogens is 1. The van der Waals surface area contributed by atoms with Crippen molar-refractivity contribution in [2.24, 2.45) is 0 Å². The predicted molar refractivity (Wildman–Crippen MR) is 133 cm³/mol. The van der Waals surface area contributed by atoms with Gasteiger partial charge in [0.1, 0.15) is 10.6 Å². The van der Waals surface area contributed by atoms with E-state index in [1.54, 1.807) is 11.3 Å². The highest BCUT2D eigenvalue weighted by Crippen LogP contribution is 2.44. The third-order valence-electron chi connectivity index (χ3n) is 6.20. The Balaban J connectivity index is 1.75. The summed E-state index contributed by atoms with van der Waals surface area (Å²) in [5.74, 6) is 0.889. The fourth-order valence-electron chi connectivity index (χ4n) is 4.75. The number of rotatable bonds is 4. The summed E-state index contributed by atoms with van der Waals surface area (Å²) in [6.45, 7) is 7.25. The Labute approximate surface area is 192 Å².